The van der Waals surface area contributed by atoms with Crippen molar-refractivity contribution >= 4 is 29.4 Å². The Bertz CT molecular complexity index is 1170. The highest BCUT2D eigenvalue weighted by Crippen LogP contribution is 2.34. The van der Waals surface area contributed by atoms with E-state index in [1.807, 2.05) is 6.92 Å². The third kappa shape index (κ3) is 5.89. The van der Waals surface area contributed by atoms with Gasteiger partial charge in [-0.2, -0.15) is 23.3 Å². The summed E-state index contributed by atoms with van der Waals surface area (Å²) in [7, 11) is 1.39. The third-order valence-electron chi connectivity index (χ3n) is 4.79. The van der Waals surface area contributed by atoms with Crippen molar-refractivity contribution in [3.63, 3.8) is 0 Å². The average molecular weight is 488 g/mol. The predicted molar refractivity (Wildman–Crippen MR) is 125 cm³/mol. The van der Waals surface area contributed by atoms with Crippen molar-refractivity contribution in [2.45, 2.75) is 19.5 Å². The molecule has 2 aromatic carbocycles. The van der Waals surface area contributed by atoms with Crippen molar-refractivity contribution < 1.29 is 37.0 Å². The lowest BCUT2D eigenvalue weighted by Gasteiger charge is -2.12. The van der Waals surface area contributed by atoms with E-state index < -0.39 is 29.3 Å². The van der Waals surface area contributed by atoms with Crippen LogP contribution in [0.25, 0.3) is 6.08 Å². The van der Waals surface area contributed by atoms with Gasteiger partial charge in [-0.05, 0) is 54.5 Å². The van der Waals surface area contributed by atoms with E-state index in [-0.39, 0.29) is 35.8 Å². The molecule has 2 aromatic rings. The van der Waals surface area contributed by atoms with Crippen LogP contribution in [0.3, 0.4) is 0 Å². The summed E-state index contributed by atoms with van der Waals surface area (Å²) in [6.45, 7) is 5.85. The van der Waals surface area contributed by atoms with Crippen LogP contribution in [0.4, 0.5) is 18.9 Å². The number of rotatable bonds is 9. The monoisotopic (exact) mass is 488 g/mol. The van der Waals surface area contributed by atoms with Crippen molar-refractivity contribution in [2.24, 2.45) is 5.10 Å². The number of benzene rings is 2. The number of hydrogen-bond donors (Lipinski definition) is 0. The van der Waals surface area contributed by atoms with E-state index in [0.29, 0.717) is 17.2 Å². The number of carbonyl (C=O) groups is 2. The van der Waals surface area contributed by atoms with E-state index in [9.17, 15) is 22.8 Å². The summed E-state index contributed by atoms with van der Waals surface area (Å²) < 4.78 is 57.0. The van der Waals surface area contributed by atoms with Crippen LogP contribution in [0.15, 0.2) is 65.8 Å². The van der Waals surface area contributed by atoms with Gasteiger partial charge in [0.15, 0.2) is 17.2 Å². The van der Waals surface area contributed by atoms with Crippen LogP contribution in [0.2, 0.25) is 0 Å². The topological polar surface area (TPSA) is 77.4 Å². The summed E-state index contributed by atoms with van der Waals surface area (Å²) in [5.41, 5.74) is -1.41. The summed E-state index contributed by atoms with van der Waals surface area (Å²) in [5, 5.41) is 4.18. The fourth-order valence-electron chi connectivity index (χ4n) is 3.15. The minimum atomic E-state index is -4.88. The zero-order chi connectivity index (χ0) is 25.6. The number of halogens is 3. The van der Waals surface area contributed by atoms with Crippen molar-refractivity contribution in [1.82, 2.24) is 0 Å². The SMILES string of the molecule is C=CCOc1ccc(/C=C2\C(=O)N(c3ccc(C(=O)OCCC)cc3)N=C2C(F)(F)F)cc1OC. The summed E-state index contributed by atoms with van der Waals surface area (Å²) in [6.07, 6.45) is -1.61. The molecule has 35 heavy (non-hydrogen) atoms. The Morgan fingerprint density at radius 3 is 2.46 bits per heavy atom. The minimum absolute atomic E-state index is 0.0675. The number of methoxy groups -OCH3 is 1. The van der Waals surface area contributed by atoms with Gasteiger partial charge in [0.2, 0.25) is 0 Å². The van der Waals surface area contributed by atoms with E-state index in [0.717, 1.165) is 6.08 Å². The van der Waals surface area contributed by atoms with Crippen molar-refractivity contribution in [2.75, 3.05) is 25.3 Å². The Labute approximate surface area is 200 Å². The number of hydrazone groups is 1. The molecule has 3 rings (SSSR count). The van der Waals surface area contributed by atoms with Crippen molar-refractivity contribution in [3.8, 4) is 11.5 Å². The van der Waals surface area contributed by atoms with Gasteiger partial charge in [0.05, 0.1) is 30.5 Å². The van der Waals surface area contributed by atoms with Crippen LogP contribution in [-0.2, 0) is 9.53 Å². The fraction of sp³-hybridized carbons (Fsp3) is 0.240. The molecule has 0 aliphatic carbocycles. The van der Waals surface area contributed by atoms with Gasteiger partial charge in [-0.25, -0.2) is 4.79 Å². The molecule has 1 amide bonds. The molecule has 0 fully saturated rings. The maximum atomic E-state index is 13.7. The molecule has 1 heterocycles. The molecule has 0 radical (unpaired) electrons. The Morgan fingerprint density at radius 1 is 1.14 bits per heavy atom. The van der Waals surface area contributed by atoms with Crippen molar-refractivity contribution in [1.29, 1.82) is 0 Å². The number of esters is 1. The molecular weight excluding hydrogens is 465 g/mol. The summed E-state index contributed by atoms with van der Waals surface area (Å²) in [6, 6.07) is 9.84. The van der Waals surface area contributed by atoms with Crippen LogP contribution in [0.1, 0.15) is 29.3 Å². The number of amides is 1. The molecule has 184 valence electrons. The van der Waals surface area contributed by atoms with E-state index in [1.54, 1.807) is 0 Å². The Kier molecular flexibility index (Phi) is 7.95. The average Bonchev–Trinajstić information content (AvgIpc) is 3.18. The Balaban J connectivity index is 1.94. The molecule has 7 nitrogen and oxygen atoms in total. The maximum Gasteiger partial charge on any atom is 0.435 e. The Morgan fingerprint density at radius 2 is 1.86 bits per heavy atom. The predicted octanol–water partition coefficient (Wildman–Crippen LogP) is 5.18. The van der Waals surface area contributed by atoms with Gasteiger partial charge in [0, 0.05) is 0 Å². The maximum absolute atomic E-state index is 13.7. The highest BCUT2D eigenvalue weighted by Gasteiger charge is 2.46. The molecule has 10 heteroatoms. The third-order valence-corrected chi connectivity index (χ3v) is 4.79. The van der Waals surface area contributed by atoms with Crippen LogP contribution >= 0.6 is 0 Å². The van der Waals surface area contributed by atoms with E-state index >= 15 is 0 Å². The second kappa shape index (κ2) is 10.9. The lowest BCUT2D eigenvalue weighted by Crippen LogP contribution is -2.25. The van der Waals surface area contributed by atoms with Crippen molar-refractivity contribution in [3.05, 3.63) is 71.8 Å². The summed E-state index contributed by atoms with van der Waals surface area (Å²) in [4.78, 5) is 24.9. The smallest absolute Gasteiger partial charge is 0.435 e. The zero-order valence-electron chi connectivity index (χ0n) is 19.1. The lowest BCUT2D eigenvalue weighted by atomic mass is 10.1. The van der Waals surface area contributed by atoms with E-state index in [2.05, 4.69) is 11.7 Å². The van der Waals surface area contributed by atoms with Crippen LogP contribution in [0, 0.1) is 0 Å². The molecule has 1 aliphatic rings. The van der Waals surface area contributed by atoms with E-state index in [4.69, 9.17) is 14.2 Å². The Hall–Kier alpha value is -4.08. The lowest BCUT2D eigenvalue weighted by molar-refractivity contribution is -0.114. The summed E-state index contributed by atoms with van der Waals surface area (Å²) >= 11 is 0. The largest absolute Gasteiger partial charge is 0.493 e. The number of hydrogen-bond acceptors (Lipinski definition) is 6. The second-order valence-electron chi connectivity index (χ2n) is 7.31. The van der Waals surface area contributed by atoms with Gasteiger partial charge < -0.3 is 14.2 Å². The molecule has 1 aliphatic heterocycles. The normalized spacial score (nSPS) is 14.7. The van der Waals surface area contributed by atoms with E-state index in [1.165, 1.54) is 55.7 Å². The molecule has 0 N–H and O–H groups in total. The van der Waals surface area contributed by atoms with Gasteiger partial charge in [0.25, 0.3) is 5.91 Å². The van der Waals surface area contributed by atoms with Crippen LogP contribution < -0.4 is 14.5 Å². The molecule has 0 unspecified atom stereocenters. The summed E-state index contributed by atoms with van der Waals surface area (Å²) in [5.74, 6) is -0.888. The first-order valence-corrected chi connectivity index (χ1v) is 10.6. The quantitative estimate of drug-likeness (QED) is 0.276. The minimum Gasteiger partial charge on any atom is -0.493 e. The molecule has 0 saturated carbocycles. The highest BCUT2D eigenvalue weighted by atomic mass is 19.4. The molecule has 0 atom stereocenters. The van der Waals surface area contributed by atoms with Gasteiger partial charge >= 0.3 is 12.1 Å². The van der Waals surface area contributed by atoms with Gasteiger partial charge in [-0.1, -0.05) is 25.6 Å². The number of alkyl halides is 3. The first-order valence-electron chi connectivity index (χ1n) is 10.6. The molecule has 0 spiro atoms. The number of ether oxygens (including phenoxy) is 3. The zero-order valence-corrected chi connectivity index (χ0v) is 19.1. The molecule has 0 bridgehead atoms. The van der Waals surface area contributed by atoms with Gasteiger partial charge in [-0.15, -0.1) is 0 Å². The van der Waals surface area contributed by atoms with Crippen LogP contribution in [0.5, 0.6) is 11.5 Å². The van der Waals surface area contributed by atoms with Gasteiger partial charge in [-0.3, -0.25) is 4.79 Å². The standard InChI is InChI=1S/C25H23F3N2O5/c1-4-12-34-20-11-6-16(15-21(20)33-3)14-19-22(25(26,27)28)29-30(23(19)31)18-9-7-17(8-10-18)24(32)35-13-5-2/h4,6-11,14-15H,1,5,12-13H2,2-3H3/b19-14-. The first-order chi connectivity index (χ1) is 16.7. The number of nitrogens with zero attached hydrogens (tertiary/aromatic N) is 2. The fourth-order valence-corrected chi connectivity index (χ4v) is 3.15. The second-order valence-corrected chi connectivity index (χ2v) is 7.31. The molecule has 0 aromatic heterocycles. The first kappa shape index (κ1) is 25.5. The number of anilines is 1. The highest BCUT2D eigenvalue weighted by molar-refractivity contribution is 6.34. The van der Waals surface area contributed by atoms with Gasteiger partial charge in [0.1, 0.15) is 6.61 Å². The molecule has 0 saturated heterocycles. The number of carbonyl (C=O) groups excluding carboxylic acids is 2. The molecular formula is C25H23F3N2O5. The van der Waals surface area contributed by atoms with Crippen LogP contribution in [-0.4, -0.2) is 44.1 Å².